The molecule has 7 nitrogen and oxygen atoms in total. The van der Waals surface area contributed by atoms with E-state index in [1.54, 1.807) is 24.3 Å². The van der Waals surface area contributed by atoms with Gasteiger partial charge in [-0.2, -0.15) is 0 Å². The van der Waals surface area contributed by atoms with Crippen LogP contribution < -0.4 is 4.74 Å². The molecule has 1 aromatic carbocycles. The standard InChI is InChI=1S/C22H29ClO7/c1-28-21(27)7-5-3-2-4-6-18-19(25)12-20(26)22(18)30-14-16(24)13-29-17-10-8-15(23)9-11-17/h2,4,8-11,16,18,20,22,24,26H,3,5-7,12-14H2,1H3/b4-2-/t16?,18-,20?,22?/m0/s1. The highest BCUT2D eigenvalue weighted by molar-refractivity contribution is 6.30. The molecule has 8 heteroatoms. The Morgan fingerprint density at radius 1 is 1.27 bits per heavy atom. The van der Waals surface area contributed by atoms with Gasteiger partial charge in [0.25, 0.3) is 0 Å². The SMILES string of the molecule is COC(=O)CCC/C=C\C[C@H]1C(=O)CC(O)C1OCC(O)COc1ccc(Cl)cc1. The highest BCUT2D eigenvalue weighted by Crippen LogP contribution is 2.29. The number of carbonyl (C=O) groups is 2. The predicted molar refractivity (Wildman–Crippen MR) is 111 cm³/mol. The van der Waals surface area contributed by atoms with E-state index in [2.05, 4.69) is 4.74 Å². The van der Waals surface area contributed by atoms with Crippen molar-refractivity contribution in [2.24, 2.45) is 5.92 Å². The number of methoxy groups -OCH3 is 1. The molecule has 1 aromatic rings. The Labute approximate surface area is 181 Å². The molecule has 3 unspecified atom stereocenters. The number of esters is 1. The van der Waals surface area contributed by atoms with Crippen LogP contribution in [0, 0.1) is 5.92 Å². The first kappa shape index (κ1) is 24.3. The van der Waals surface area contributed by atoms with Crippen LogP contribution in [0.4, 0.5) is 0 Å². The van der Waals surface area contributed by atoms with Crippen LogP contribution in [0.2, 0.25) is 5.02 Å². The molecule has 1 saturated carbocycles. The smallest absolute Gasteiger partial charge is 0.305 e. The Balaban J connectivity index is 1.74. The lowest BCUT2D eigenvalue weighted by Gasteiger charge is -2.22. The summed E-state index contributed by atoms with van der Waals surface area (Å²) in [6.45, 7) is -0.0366. The van der Waals surface area contributed by atoms with Crippen molar-refractivity contribution < 1.29 is 34.0 Å². The van der Waals surface area contributed by atoms with Gasteiger partial charge in [0.1, 0.15) is 24.2 Å². The van der Waals surface area contributed by atoms with E-state index in [4.69, 9.17) is 21.1 Å². The number of Topliss-reactive ketones (excluding diaryl/α,β-unsaturated/α-hetero) is 1. The van der Waals surface area contributed by atoms with Crippen molar-refractivity contribution in [3.63, 3.8) is 0 Å². The Kier molecular flexibility index (Phi) is 10.3. The first-order valence-corrected chi connectivity index (χ1v) is 10.4. The number of aliphatic hydroxyl groups excluding tert-OH is 2. The Morgan fingerprint density at radius 3 is 2.70 bits per heavy atom. The summed E-state index contributed by atoms with van der Waals surface area (Å²) in [6, 6.07) is 6.77. The van der Waals surface area contributed by atoms with Crippen LogP contribution in [0.15, 0.2) is 36.4 Å². The summed E-state index contributed by atoms with van der Waals surface area (Å²) in [5.41, 5.74) is 0. The maximum Gasteiger partial charge on any atom is 0.305 e. The minimum absolute atomic E-state index is 0.0170. The van der Waals surface area contributed by atoms with E-state index < -0.39 is 24.2 Å². The minimum atomic E-state index is -0.905. The van der Waals surface area contributed by atoms with Gasteiger partial charge in [-0.05, 0) is 43.5 Å². The molecule has 1 fully saturated rings. The lowest BCUT2D eigenvalue weighted by Crippen LogP contribution is -2.34. The van der Waals surface area contributed by atoms with Crippen LogP contribution in [-0.2, 0) is 19.1 Å². The van der Waals surface area contributed by atoms with E-state index in [9.17, 15) is 19.8 Å². The summed E-state index contributed by atoms with van der Waals surface area (Å²) >= 11 is 5.82. The van der Waals surface area contributed by atoms with Crippen molar-refractivity contribution in [3.8, 4) is 5.75 Å². The van der Waals surface area contributed by atoms with Gasteiger partial charge in [-0.15, -0.1) is 0 Å². The van der Waals surface area contributed by atoms with Gasteiger partial charge in [-0.25, -0.2) is 0 Å². The molecule has 30 heavy (non-hydrogen) atoms. The molecule has 1 aliphatic carbocycles. The molecule has 0 heterocycles. The zero-order valence-electron chi connectivity index (χ0n) is 17.0. The topological polar surface area (TPSA) is 102 Å². The van der Waals surface area contributed by atoms with E-state index in [-0.39, 0.29) is 31.4 Å². The average Bonchev–Trinajstić information content (AvgIpc) is 3.00. The highest BCUT2D eigenvalue weighted by atomic mass is 35.5. The number of rotatable bonds is 12. The van der Waals surface area contributed by atoms with E-state index in [0.717, 1.165) is 0 Å². The monoisotopic (exact) mass is 440 g/mol. The van der Waals surface area contributed by atoms with Gasteiger partial charge in [0, 0.05) is 23.8 Å². The molecular formula is C22H29ClO7. The number of aliphatic hydroxyl groups is 2. The number of hydrogen-bond donors (Lipinski definition) is 2. The molecule has 2 rings (SSSR count). The third-order valence-corrected chi connectivity index (χ3v) is 5.12. The average molecular weight is 441 g/mol. The number of unbranched alkanes of at least 4 members (excludes halogenated alkanes) is 1. The van der Waals surface area contributed by atoms with Crippen molar-refractivity contribution in [1.82, 2.24) is 0 Å². The Morgan fingerprint density at radius 2 is 2.00 bits per heavy atom. The van der Waals surface area contributed by atoms with Gasteiger partial charge < -0.3 is 24.4 Å². The molecule has 166 valence electrons. The summed E-state index contributed by atoms with van der Waals surface area (Å²) < 4.78 is 15.7. The van der Waals surface area contributed by atoms with Crippen molar-refractivity contribution in [2.45, 2.75) is 50.4 Å². The number of hydrogen-bond acceptors (Lipinski definition) is 7. The van der Waals surface area contributed by atoms with Crippen LogP contribution >= 0.6 is 11.6 Å². The first-order chi connectivity index (χ1) is 14.4. The molecule has 0 spiro atoms. The van der Waals surface area contributed by atoms with Crippen molar-refractivity contribution in [1.29, 1.82) is 0 Å². The maximum absolute atomic E-state index is 12.2. The molecule has 4 atom stereocenters. The number of halogens is 1. The normalized spacial score (nSPS) is 22.4. The van der Waals surface area contributed by atoms with E-state index in [1.807, 2.05) is 12.2 Å². The fraction of sp³-hybridized carbons (Fsp3) is 0.545. The lowest BCUT2D eigenvalue weighted by atomic mass is 9.99. The summed E-state index contributed by atoms with van der Waals surface area (Å²) in [6.07, 6.45) is 3.53. The van der Waals surface area contributed by atoms with E-state index in [0.29, 0.717) is 36.5 Å². The molecular weight excluding hydrogens is 412 g/mol. The van der Waals surface area contributed by atoms with Crippen molar-refractivity contribution >= 4 is 23.4 Å². The van der Waals surface area contributed by atoms with Crippen molar-refractivity contribution in [2.75, 3.05) is 20.3 Å². The Bertz CT molecular complexity index is 704. The maximum atomic E-state index is 12.2. The van der Waals surface area contributed by atoms with E-state index in [1.165, 1.54) is 7.11 Å². The third kappa shape index (κ3) is 8.07. The molecule has 0 bridgehead atoms. The van der Waals surface area contributed by atoms with Crippen LogP contribution in [0.1, 0.15) is 32.1 Å². The second-order valence-electron chi connectivity index (χ2n) is 7.24. The number of carbonyl (C=O) groups excluding carboxylic acids is 2. The molecule has 0 amide bonds. The van der Waals surface area contributed by atoms with Gasteiger partial charge >= 0.3 is 5.97 Å². The predicted octanol–water partition coefficient (Wildman–Crippen LogP) is 2.70. The third-order valence-electron chi connectivity index (χ3n) is 4.87. The van der Waals surface area contributed by atoms with E-state index >= 15 is 0 Å². The van der Waals surface area contributed by atoms with Gasteiger partial charge in [-0.3, -0.25) is 9.59 Å². The van der Waals surface area contributed by atoms with Crippen LogP contribution in [-0.4, -0.2) is 60.6 Å². The fourth-order valence-corrected chi connectivity index (χ4v) is 3.36. The summed E-state index contributed by atoms with van der Waals surface area (Å²) in [4.78, 5) is 23.3. The molecule has 1 aliphatic rings. The minimum Gasteiger partial charge on any atom is -0.491 e. The highest BCUT2D eigenvalue weighted by Gasteiger charge is 2.41. The van der Waals surface area contributed by atoms with Gasteiger partial charge in [-0.1, -0.05) is 23.8 Å². The number of ether oxygens (including phenoxy) is 3. The second-order valence-corrected chi connectivity index (χ2v) is 7.67. The Hall–Kier alpha value is -1.93. The van der Waals surface area contributed by atoms with Crippen LogP contribution in [0.25, 0.3) is 0 Å². The molecule has 0 radical (unpaired) electrons. The zero-order chi connectivity index (χ0) is 21.9. The number of benzene rings is 1. The molecule has 0 saturated heterocycles. The molecule has 2 N–H and O–H groups in total. The number of allylic oxidation sites excluding steroid dienone is 2. The van der Waals surface area contributed by atoms with Crippen LogP contribution in [0.3, 0.4) is 0 Å². The molecule has 0 aliphatic heterocycles. The summed E-state index contributed by atoms with van der Waals surface area (Å²) in [7, 11) is 1.36. The summed E-state index contributed by atoms with van der Waals surface area (Å²) in [5, 5.41) is 20.9. The van der Waals surface area contributed by atoms with Crippen LogP contribution in [0.5, 0.6) is 5.75 Å². The largest absolute Gasteiger partial charge is 0.491 e. The summed E-state index contributed by atoms with van der Waals surface area (Å²) in [5.74, 6) is -0.186. The van der Waals surface area contributed by atoms with Crippen molar-refractivity contribution in [3.05, 3.63) is 41.4 Å². The fourth-order valence-electron chi connectivity index (χ4n) is 3.24. The number of ketones is 1. The quantitative estimate of drug-likeness (QED) is 0.292. The van der Waals surface area contributed by atoms with Gasteiger partial charge in [0.2, 0.25) is 0 Å². The lowest BCUT2D eigenvalue weighted by molar-refractivity contribution is -0.140. The first-order valence-electron chi connectivity index (χ1n) is 10.0. The van der Waals surface area contributed by atoms with Gasteiger partial charge in [0.15, 0.2) is 0 Å². The van der Waals surface area contributed by atoms with Gasteiger partial charge in [0.05, 0.1) is 25.9 Å². The zero-order valence-corrected chi connectivity index (χ0v) is 17.8. The molecule has 0 aromatic heterocycles. The second kappa shape index (κ2) is 12.7.